The van der Waals surface area contributed by atoms with Gasteiger partial charge >= 0.3 is 0 Å². The number of nitrogens with one attached hydrogen (secondary N) is 1. The smallest absolute Gasteiger partial charge is 0.0724 e. The van der Waals surface area contributed by atoms with E-state index in [0.717, 1.165) is 19.1 Å². The number of ether oxygens (including phenoxy) is 1. The van der Waals surface area contributed by atoms with Crippen LogP contribution in [0.3, 0.4) is 0 Å². The van der Waals surface area contributed by atoms with Crippen molar-refractivity contribution in [2.75, 3.05) is 26.7 Å². The van der Waals surface area contributed by atoms with E-state index in [9.17, 15) is 0 Å². The van der Waals surface area contributed by atoms with Gasteiger partial charge in [-0.2, -0.15) is 0 Å². The lowest BCUT2D eigenvalue weighted by atomic mass is 9.93. The van der Waals surface area contributed by atoms with E-state index in [-0.39, 0.29) is 0 Å². The van der Waals surface area contributed by atoms with E-state index in [0.29, 0.717) is 18.1 Å². The van der Waals surface area contributed by atoms with Crippen molar-refractivity contribution >= 4 is 0 Å². The Kier molecular flexibility index (Phi) is 4.94. The molecule has 0 bridgehead atoms. The molecule has 1 aliphatic carbocycles. The molecule has 1 aromatic carbocycles. The molecule has 21 heavy (non-hydrogen) atoms. The molecule has 1 aliphatic heterocycles. The van der Waals surface area contributed by atoms with E-state index in [1.165, 1.54) is 31.4 Å². The molecule has 1 heterocycles. The summed E-state index contributed by atoms with van der Waals surface area (Å²) < 4.78 is 5.70. The third kappa shape index (κ3) is 3.85. The van der Waals surface area contributed by atoms with Crippen LogP contribution in [0.4, 0.5) is 0 Å². The van der Waals surface area contributed by atoms with Crippen LogP contribution in [-0.2, 0) is 4.74 Å². The van der Waals surface area contributed by atoms with E-state index in [1.54, 1.807) is 0 Å². The van der Waals surface area contributed by atoms with Crippen molar-refractivity contribution in [1.82, 2.24) is 10.2 Å². The van der Waals surface area contributed by atoms with Crippen LogP contribution in [0.15, 0.2) is 30.3 Å². The summed E-state index contributed by atoms with van der Waals surface area (Å²) in [5, 5.41) is 3.71. The highest BCUT2D eigenvalue weighted by atomic mass is 16.5. The van der Waals surface area contributed by atoms with Gasteiger partial charge in [0.1, 0.15) is 0 Å². The fraction of sp³-hybridized carbons (Fsp3) is 0.667. The van der Waals surface area contributed by atoms with Crippen LogP contribution in [0.25, 0.3) is 0 Å². The molecule has 0 spiro atoms. The van der Waals surface area contributed by atoms with Crippen LogP contribution in [0.5, 0.6) is 0 Å². The van der Waals surface area contributed by atoms with Crippen molar-refractivity contribution in [3.8, 4) is 0 Å². The first-order valence-corrected chi connectivity index (χ1v) is 8.33. The average molecular weight is 288 g/mol. The molecule has 0 amide bonds. The number of hydrogen-bond acceptors (Lipinski definition) is 3. The number of likely N-dealkylation sites (tertiary alicyclic amines) is 1. The molecule has 0 radical (unpaired) electrons. The number of piperidine rings is 1. The van der Waals surface area contributed by atoms with E-state index in [4.69, 9.17) is 4.74 Å². The number of methoxy groups -OCH3 is 1. The topological polar surface area (TPSA) is 24.5 Å². The molecule has 2 aliphatic rings. The molecule has 1 aromatic rings. The number of benzene rings is 1. The van der Waals surface area contributed by atoms with Crippen molar-refractivity contribution < 1.29 is 4.74 Å². The Morgan fingerprint density at radius 2 is 2.00 bits per heavy atom. The SMILES string of the molecule is COC1CN(C(CNC2CC2)c2ccccc2)CCC1C. The Morgan fingerprint density at radius 3 is 2.67 bits per heavy atom. The maximum atomic E-state index is 5.70. The maximum Gasteiger partial charge on any atom is 0.0724 e. The number of rotatable bonds is 6. The molecule has 3 nitrogen and oxygen atoms in total. The number of hydrogen-bond donors (Lipinski definition) is 1. The van der Waals surface area contributed by atoms with Crippen LogP contribution in [0, 0.1) is 5.92 Å². The highest BCUT2D eigenvalue weighted by Gasteiger charge is 2.32. The fourth-order valence-electron chi connectivity index (χ4n) is 3.35. The lowest BCUT2D eigenvalue weighted by Gasteiger charge is -2.41. The summed E-state index contributed by atoms with van der Waals surface area (Å²) >= 11 is 0. The van der Waals surface area contributed by atoms with Gasteiger partial charge in [0.15, 0.2) is 0 Å². The van der Waals surface area contributed by atoms with Gasteiger partial charge in [0.05, 0.1) is 6.10 Å². The van der Waals surface area contributed by atoms with E-state index < -0.39 is 0 Å². The Bertz CT molecular complexity index is 432. The van der Waals surface area contributed by atoms with Crippen LogP contribution < -0.4 is 5.32 Å². The third-order valence-electron chi connectivity index (χ3n) is 5.03. The van der Waals surface area contributed by atoms with Gasteiger partial charge < -0.3 is 10.1 Å². The Hall–Kier alpha value is -0.900. The van der Waals surface area contributed by atoms with Crippen molar-refractivity contribution in [3.63, 3.8) is 0 Å². The van der Waals surface area contributed by atoms with Crippen molar-refractivity contribution in [1.29, 1.82) is 0 Å². The molecule has 1 saturated carbocycles. The second-order valence-corrected chi connectivity index (χ2v) is 6.64. The minimum Gasteiger partial charge on any atom is -0.380 e. The first-order valence-electron chi connectivity index (χ1n) is 8.33. The minimum absolute atomic E-state index is 0.367. The quantitative estimate of drug-likeness (QED) is 0.871. The van der Waals surface area contributed by atoms with Gasteiger partial charge in [-0.25, -0.2) is 0 Å². The predicted octanol–water partition coefficient (Wildman–Crippen LogP) is 2.84. The molecule has 1 N–H and O–H groups in total. The normalized spacial score (nSPS) is 28.5. The summed E-state index contributed by atoms with van der Waals surface area (Å²) in [5.74, 6) is 0.666. The van der Waals surface area contributed by atoms with E-state index in [2.05, 4.69) is 47.5 Å². The minimum atomic E-state index is 0.367. The molecule has 3 heteroatoms. The zero-order valence-electron chi connectivity index (χ0n) is 13.3. The van der Waals surface area contributed by atoms with Crippen LogP contribution in [-0.4, -0.2) is 43.8 Å². The Balaban J connectivity index is 1.71. The Morgan fingerprint density at radius 1 is 1.24 bits per heavy atom. The summed E-state index contributed by atoms with van der Waals surface area (Å²) in [7, 11) is 1.85. The Labute approximate surface area is 128 Å². The van der Waals surface area contributed by atoms with Gasteiger partial charge in [0.2, 0.25) is 0 Å². The second-order valence-electron chi connectivity index (χ2n) is 6.64. The zero-order valence-corrected chi connectivity index (χ0v) is 13.3. The first kappa shape index (κ1) is 15.0. The van der Waals surface area contributed by atoms with Crippen LogP contribution in [0.1, 0.15) is 37.8 Å². The molecule has 0 aromatic heterocycles. The van der Waals surface area contributed by atoms with Crippen LogP contribution >= 0.6 is 0 Å². The van der Waals surface area contributed by atoms with Gasteiger partial charge in [0.25, 0.3) is 0 Å². The van der Waals surface area contributed by atoms with Gasteiger partial charge in [-0.15, -0.1) is 0 Å². The molecule has 3 rings (SSSR count). The fourth-order valence-corrected chi connectivity index (χ4v) is 3.35. The molecule has 3 atom stereocenters. The molecule has 1 saturated heterocycles. The van der Waals surface area contributed by atoms with Crippen molar-refractivity contribution in [3.05, 3.63) is 35.9 Å². The van der Waals surface area contributed by atoms with E-state index >= 15 is 0 Å². The molecular weight excluding hydrogens is 260 g/mol. The van der Waals surface area contributed by atoms with Crippen molar-refractivity contribution in [2.45, 2.75) is 44.4 Å². The van der Waals surface area contributed by atoms with E-state index in [1.807, 2.05) is 7.11 Å². The molecule has 116 valence electrons. The zero-order chi connectivity index (χ0) is 14.7. The molecular formula is C18H28N2O. The maximum absolute atomic E-state index is 5.70. The van der Waals surface area contributed by atoms with Crippen molar-refractivity contribution in [2.24, 2.45) is 5.92 Å². The third-order valence-corrected chi connectivity index (χ3v) is 5.03. The first-order chi connectivity index (χ1) is 10.3. The van der Waals surface area contributed by atoms with Gasteiger partial charge in [-0.1, -0.05) is 37.3 Å². The monoisotopic (exact) mass is 288 g/mol. The van der Waals surface area contributed by atoms with Crippen LogP contribution in [0.2, 0.25) is 0 Å². The lowest BCUT2D eigenvalue weighted by Crippen LogP contribution is -2.47. The molecule has 2 fully saturated rings. The summed E-state index contributed by atoms with van der Waals surface area (Å²) in [4.78, 5) is 2.61. The summed E-state index contributed by atoms with van der Waals surface area (Å²) in [6.45, 7) is 5.58. The average Bonchev–Trinajstić information content (AvgIpc) is 3.34. The summed E-state index contributed by atoms with van der Waals surface area (Å²) in [6.07, 6.45) is 4.29. The molecule has 3 unspecified atom stereocenters. The van der Waals surface area contributed by atoms with Gasteiger partial charge in [-0.3, -0.25) is 4.90 Å². The number of nitrogens with zero attached hydrogens (tertiary/aromatic N) is 1. The largest absolute Gasteiger partial charge is 0.380 e. The summed E-state index contributed by atoms with van der Waals surface area (Å²) in [5.41, 5.74) is 1.43. The van der Waals surface area contributed by atoms with Gasteiger partial charge in [0, 0.05) is 32.3 Å². The standard InChI is InChI=1S/C18H28N2O/c1-14-10-11-20(13-18(14)21-2)17(12-19-16-8-9-16)15-6-4-3-5-7-15/h3-7,14,16-19H,8-13H2,1-2H3. The highest BCUT2D eigenvalue weighted by molar-refractivity contribution is 5.20. The predicted molar refractivity (Wildman–Crippen MR) is 86.4 cm³/mol. The lowest BCUT2D eigenvalue weighted by molar-refractivity contribution is -0.0194. The summed E-state index contributed by atoms with van der Waals surface area (Å²) in [6, 6.07) is 12.2. The van der Waals surface area contributed by atoms with Gasteiger partial charge in [-0.05, 0) is 37.3 Å². The highest BCUT2D eigenvalue weighted by Crippen LogP contribution is 2.29. The second kappa shape index (κ2) is 6.91.